The highest BCUT2D eigenvalue weighted by atomic mass is 79.9. The molecule has 112 valence electrons. The number of halogens is 3. The summed E-state index contributed by atoms with van der Waals surface area (Å²) in [7, 11) is 0. The molecule has 0 heterocycles. The Kier molecular flexibility index (Phi) is 7.38. The minimum atomic E-state index is -0.504. The van der Waals surface area contributed by atoms with E-state index in [0.717, 1.165) is 25.1 Å². The molecule has 20 heavy (non-hydrogen) atoms. The highest BCUT2D eigenvalue weighted by molar-refractivity contribution is 9.10. The predicted octanol–water partition coefficient (Wildman–Crippen LogP) is 4.85. The summed E-state index contributed by atoms with van der Waals surface area (Å²) in [6.45, 7) is 8.10. The van der Waals surface area contributed by atoms with Crippen LogP contribution in [0.5, 0.6) is 0 Å². The first-order valence-electron chi connectivity index (χ1n) is 6.90. The molecule has 0 spiro atoms. The first-order valence-corrected chi connectivity index (χ1v) is 7.69. The predicted molar refractivity (Wildman–Crippen MR) is 83.8 cm³/mol. The Morgan fingerprint density at radius 3 is 2.70 bits per heavy atom. The third-order valence-corrected chi connectivity index (χ3v) is 3.57. The number of benzene rings is 1. The first-order chi connectivity index (χ1) is 9.41. The van der Waals surface area contributed by atoms with Crippen LogP contribution in [0.4, 0.5) is 8.78 Å². The lowest BCUT2D eigenvalue weighted by atomic mass is 10.0. The lowest BCUT2D eigenvalue weighted by molar-refractivity contribution is 0.553. The number of rotatable bonds is 7. The van der Waals surface area contributed by atoms with Gasteiger partial charge < -0.3 is 5.32 Å². The fourth-order valence-electron chi connectivity index (χ4n) is 1.89. The van der Waals surface area contributed by atoms with Crippen molar-refractivity contribution in [1.29, 1.82) is 0 Å². The van der Waals surface area contributed by atoms with Crippen molar-refractivity contribution < 1.29 is 8.78 Å². The van der Waals surface area contributed by atoms with Crippen LogP contribution in [-0.2, 0) is 6.42 Å². The zero-order valence-electron chi connectivity index (χ0n) is 12.3. The van der Waals surface area contributed by atoms with Gasteiger partial charge >= 0.3 is 0 Å². The molecule has 0 saturated carbocycles. The molecule has 0 fully saturated rings. The molecule has 0 radical (unpaired) electrons. The van der Waals surface area contributed by atoms with E-state index in [1.54, 1.807) is 0 Å². The van der Waals surface area contributed by atoms with Crippen molar-refractivity contribution in [3.05, 3.63) is 45.5 Å². The van der Waals surface area contributed by atoms with Gasteiger partial charge in [0.1, 0.15) is 11.6 Å². The number of allylic oxidation sites excluding steroid dienone is 1. The Bertz CT molecular complexity index is 470. The second-order valence-electron chi connectivity index (χ2n) is 5.44. The maximum atomic E-state index is 13.8. The maximum absolute atomic E-state index is 13.8. The summed E-state index contributed by atoms with van der Waals surface area (Å²) in [6.07, 6.45) is 3.21. The molecule has 0 bridgehead atoms. The lowest BCUT2D eigenvalue weighted by Gasteiger charge is -2.08. The molecule has 1 rings (SSSR count). The first kappa shape index (κ1) is 17.3. The highest BCUT2D eigenvalue weighted by Crippen LogP contribution is 2.23. The molecule has 0 aliphatic rings. The molecular formula is C16H22BrF2N. The second-order valence-corrected chi connectivity index (χ2v) is 6.29. The van der Waals surface area contributed by atoms with Gasteiger partial charge in [-0.2, -0.15) is 0 Å². The van der Waals surface area contributed by atoms with E-state index in [-0.39, 0.29) is 5.56 Å². The van der Waals surface area contributed by atoms with Gasteiger partial charge in [-0.1, -0.05) is 25.5 Å². The maximum Gasteiger partial charge on any atom is 0.143 e. The van der Waals surface area contributed by atoms with Gasteiger partial charge in [-0.05, 0) is 66.8 Å². The standard InChI is InChI=1S/C16H22BrF2N/c1-11(2)10-20-8-4-5-12(3)9-13-15(18)7-6-14(17)16(13)19/h5-7,11,20H,4,8-10H2,1-3H3/b12-5-. The summed E-state index contributed by atoms with van der Waals surface area (Å²) >= 11 is 3.09. The third-order valence-electron chi connectivity index (χ3n) is 2.96. The molecule has 4 heteroatoms. The van der Waals surface area contributed by atoms with E-state index >= 15 is 0 Å². The zero-order chi connectivity index (χ0) is 15.1. The van der Waals surface area contributed by atoms with E-state index in [2.05, 4.69) is 35.1 Å². The minimum absolute atomic E-state index is 0.128. The van der Waals surface area contributed by atoms with Gasteiger partial charge in [0.2, 0.25) is 0 Å². The molecule has 0 aromatic heterocycles. The van der Waals surface area contributed by atoms with E-state index in [1.165, 1.54) is 12.1 Å². The topological polar surface area (TPSA) is 12.0 Å². The van der Waals surface area contributed by atoms with Gasteiger partial charge in [0, 0.05) is 5.56 Å². The number of hydrogen-bond acceptors (Lipinski definition) is 1. The quantitative estimate of drug-likeness (QED) is 0.423. The van der Waals surface area contributed by atoms with Crippen molar-refractivity contribution in [3.63, 3.8) is 0 Å². The monoisotopic (exact) mass is 345 g/mol. The van der Waals surface area contributed by atoms with Gasteiger partial charge in [0.05, 0.1) is 4.47 Å². The molecule has 0 atom stereocenters. The summed E-state index contributed by atoms with van der Waals surface area (Å²) in [6, 6.07) is 2.68. The molecule has 0 amide bonds. The third kappa shape index (κ3) is 5.71. The Labute approximate surface area is 128 Å². The molecule has 1 aromatic rings. The van der Waals surface area contributed by atoms with E-state index in [9.17, 15) is 8.78 Å². The zero-order valence-corrected chi connectivity index (χ0v) is 13.9. The van der Waals surface area contributed by atoms with E-state index in [4.69, 9.17) is 0 Å². The van der Waals surface area contributed by atoms with E-state index in [0.29, 0.717) is 16.8 Å². The van der Waals surface area contributed by atoms with Crippen molar-refractivity contribution >= 4 is 15.9 Å². The van der Waals surface area contributed by atoms with Crippen molar-refractivity contribution in [3.8, 4) is 0 Å². The van der Waals surface area contributed by atoms with Crippen LogP contribution in [0, 0.1) is 17.6 Å². The Balaban J connectivity index is 2.54. The highest BCUT2D eigenvalue weighted by Gasteiger charge is 2.12. The molecule has 1 N–H and O–H groups in total. The van der Waals surface area contributed by atoms with Crippen LogP contribution in [0.15, 0.2) is 28.3 Å². The summed E-state index contributed by atoms with van der Waals surface area (Å²) < 4.78 is 27.8. The second kappa shape index (κ2) is 8.53. The number of nitrogens with one attached hydrogen (secondary N) is 1. The van der Waals surface area contributed by atoms with Crippen LogP contribution in [0.2, 0.25) is 0 Å². The van der Waals surface area contributed by atoms with Crippen molar-refractivity contribution in [1.82, 2.24) is 5.32 Å². The van der Waals surface area contributed by atoms with Gasteiger partial charge in [-0.3, -0.25) is 0 Å². The van der Waals surface area contributed by atoms with E-state index < -0.39 is 11.6 Å². The fourth-order valence-corrected chi connectivity index (χ4v) is 2.26. The molecule has 1 aromatic carbocycles. The molecule has 0 aliphatic carbocycles. The Hall–Kier alpha value is -0.740. The van der Waals surface area contributed by atoms with Gasteiger partial charge in [0.25, 0.3) is 0 Å². The minimum Gasteiger partial charge on any atom is -0.316 e. The van der Waals surface area contributed by atoms with Crippen LogP contribution >= 0.6 is 15.9 Å². The van der Waals surface area contributed by atoms with Gasteiger partial charge in [-0.15, -0.1) is 0 Å². The summed E-state index contributed by atoms with van der Waals surface area (Å²) in [4.78, 5) is 0. The normalized spacial score (nSPS) is 12.2. The summed E-state index contributed by atoms with van der Waals surface area (Å²) in [5.41, 5.74) is 1.11. The molecule has 0 saturated heterocycles. The van der Waals surface area contributed by atoms with Crippen molar-refractivity contribution in [2.24, 2.45) is 5.92 Å². The molecule has 0 unspecified atom stereocenters. The van der Waals surface area contributed by atoms with Gasteiger partial charge in [-0.25, -0.2) is 8.78 Å². The smallest absolute Gasteiger partial charge is 0.143 e. The average Bonchev–Trinajstić information content (AvgIpc) is 2.38. The van der Waals surface area contributed by atoms with Crippen LogP contribution in [-0.4, -0.2) is 13.1 Å². The summed E-state index contributed by atoms with van der Waals surface area (Å²) in [5.74, 6) is -0.364. The van der Waals surface area contributed by atoms with Gasteiger partial charge in [0.15, 0.2) is 0 Å². The van der Waals surface area contributed by atoms with Crippen LogP contribution in [0.1, 0.15) is 32.8 Å². The van der Waals surface area contributed by atoms with Crippen molar-refractivity contribution in [2.75, 3.05) is 13.1 Å². The van der Waals surface area contributed by atoms with E-state index in [1.807, 2.05) is 13.0 Å². The average molecular weight is 346 g/mol. The molecular weight excluding hydrogens is 324 g/mol. The molecule has 1 nitrogen and oxygen atoms in total. The van der Waals surface area contributed by atoms with Crippen molar-refractivity contribution in [2.45, 2.75) is 33.6 Å². The fraction of sp³-hybridized carbons (Fsp3) is 0.500. The van der Waals surface area contributed by atoms with Crippen LogP contribution in [0.3, 0.4) is 0 Å². The Morgan fingerprint density at radius 2 is 2.05 bits per heavy atom. The van der Waals surface area contributed by atoms with Crippen LogP contribution in [0.25, 0.3) is 0 Å². The SMILES string of the molecule is C/C(=C/CCNCC(C)C)Cc1c(F)ccc(Br)c1F. The Morgan fingerprint density at radius 1 is 1.35 bits per heavy atom. The summed E-state index contributed by atoms with van der Waals surface area (Å²) in [5, 5.41) is 3.34. The molecule has 0 aliphatic heterocycles. The number of hydrogen-bond donors (Lipinski definition) is 1. The van der Waals surface area contributed by atoms with Crippen LogP contribution < -0.4 is 5.32 Å². The largest absolute Gasteiger partial charge is 0.316 e. The lowest BCUT2D eigenvalue weighted by Crippen LogP contribution is -2.20.